The van der Waals surface area contributed by atoms with Crippen molar-refractivity contribution >= 4 is 27.5 Å². The average molecular weight is 319 g/mol. The third-order valence-electron chi connectivity index (χ3n) is 2.87. The van der Waals surface area contributed by atoms with Gasteiger partial charge in [0.05, 0.1) is 5.56 Å². The molecule has 98 valence electrons. The molecular formula is C15H15BrN2O. The number of rotatable bonds is 3. The summed E-state index contributed by atoms with van der Waals surface area (Å²) >= 11 is 3.43. The Balaban J connectivity index is 2.21. The third kappa shape index (κ3) is 3.41. The van der Waals surface area contributed by atoms with Gasteiger partial charge in [-0.3, -0.25) is 9.78 Å². The van der Waals surface area contributed by atoms with Crippen LogP contribution in [-0.4, -0.2) is 10.9 Å². The van der Waals surface area contributed by atoms with Crippen LogP contribution in [0.25, 0.3) is 0 Å². The van der Waals surface area contributed by atoms with Crippen molar-refractivity contribution in [2.24, 2.45) is 0 Å². The molecule has 0 aliphatic rings. The minimum atomic E-state index is -0.135. The summed E-state index contributed by atoms with van der Waals surface area (Å²) in [5.74, 6) is -0.135. The third-order valence-corrected chi connectivity index (χ3v) is 3.36. The van der Waals surface area contributed by atoms with Crippen molar-refractivity contribution in [1.82, 2.24) is 4.98 Å². The van der Waals surface area contributed by atoms with E-state index >= 15 is 0 Å². The maximum Gasteiger partial charge on any atom is 0.257 e. The van der Waals surface area contributed by atoms with E-state index in [1.807, 2.05) is 31.2 Å². The van der Waals surface area contributed by atoms with Gasteiger partial charge >= 0.3 is 0 Å². The number of benzene rings is 1. The SMILES string of the molecule is CCc1cc(Br)ccc1NC(=O)c1ccc(C)nc1. The molecule has 0 spiro atoms. The molecule has 3 nitrogen and oxygen atoms in total. The number of amides is 1. The van der Waals surface area contributed by atoms with Crippen molar-refractivity contribution in [2.45, 2.75) is 20.3 Å². The number of nitrogens with zero attached hydrogens (tertiary/aromatic N) is 1. The van der Waals surface area contributed by atoms with Crippen molar-refractivity contribution in [3.8, 4) is 0 Å². The van der Waals surface area contributed by atoms with E-state index in [1.165, 1.54) is 0 Å². The molecule has 1 heterocycles. The Bertz CT molecular complexity index is 594. The van der Waals surface area contributed by atoms with E-state index in [-0.39, 0.29) is 5.91 Å². The summed E-state index contributed by atoms with van der Waals surface area (Å²) in [5.41, 5.74) is 3.41. The Labute approximate surface area is 121 Å². The van der Waals surface area contributed by atoms with E-state index in [4.69, 9.17) is 0 Å². The zero-order chi connectivity index (χ0) is 13.8. The fourth-order valence-electron chi connectivity index (χ4n) is 1.77. The number of pyridine rings is 1. The van der Waals surface area contributed by atoms with Crippen molar-refractivity contribution < 1.29 is 4.79 Å². The highest BCUT2D eigenvalue weighted by Gasteiger charge is 2.09. The largest absolute Gasteiger partial charge is 0.322 e. The second-order valence-corrected chi connectivity index (χ2v) is 5.21. The first-order chi connectivity index (χ1) is 9.10. The molecule has 1 N–H and O–H groups in total. The van der Waals surface area contributed by atoms with E-state index in [2.05, 4.69) is 33.2 Å². The van der Waals surface area contributed by atoms with Gasteiger partial charge in [0, 0.05) is 22.1 Å². The predicted octanol–water partition coefficient (Wildman–Crippen LogP) is 3.97. The first-order valence-corrected chi connectivity index (χ1v) is 6.92. The van der Waals surface area contributed by atoms with Crippen LogP contribution in [0.5, 0.6) is 0 Å². The molecule has 19 heavy (non-hydrogen) atoms. The van der Waals surface area contributed by atoms with Crippen LogP contribution in [0.1, 0.15) is 28.5 Å². The van der Waals surface area contributed by atoms with Crippen LogP contribution in [0.2, 0.25) is 0 Å². The van der Waals surface area contributed by atoms with Crippen LogP contribution in [0, 0.1) is 6.92 Å². The summed E-state index contributed by atoms with van der Waals surface area (Å²) in [6, 6.07) is 9.45. The quantitative estimate of drug-likeness (QED) is 0.930. The number of hydrogen-bond acceptors (Lipinski definition) is 2. The summed E-state index contributed by atoms with van der Waals surface area (Å²) in [5, 5.41) is 2.92. The van der Waals surface area contributed by atoms with Crippen molar-refractivity contribution in [3.63, 3.8) is 0 Å². The second-order valence-electron chi connectivity index (χ2n) is 4.30. The fourth-order valence-corrected chi connectivity index (χ4v) is 2.18. The summed E-state index contributed by atoms with van der Waals surface area (Å²) in [7, 11) is 0. The molecule has 2 rings (SSSR count). The fraction of sp³-hybridized carbons (Fsp3) is 0.200. The van der Waals surface area contributed by atoms with Gasteiger partial charge in [0.2, 0.25) is 0 Å². The maximum absolute atomic E-state index is 12.1. The van der Waals surface area contributed by atoms with E-state index < -0.39 is 0 Å². The highest BCUT2D eigenvalue weighted by atomic mass is 79.9. The van der Waals surface area contributed by atoms with Gasteiger partial charge in [0.1, 0.15) is 0 Å². The van der Waals surface area contributed by atoms with Crippen molar-refractivity contribution in [2.75, 3.05) is 5.32 Å². The lowest BCUT2D eigenvalue weighted by atomic mass is 10.1. The van der Waals surface area contributed by atoms with Crippen LogP contribution in [0.4, 0.5) is 5.69 Å². The number of aryl methyl sites for hydroxylation is 2. The zero-order valence-electron chi connectivity index (χ0n) is 10.9. The summed E-state index contributed by atoms with van der Waals surface area (Å²) in [6.45, 7) is 3.95. The number of hydrogen-bond donors (Lipinski definition) is 1. The van der Waals surface area contributed by atoms with Gasteiger partial charge in [0.25, 0.3) is 5.91 Å². The van der Waals surface area contributed by atoms with Crippen LogP contribution >= 0.6 is 15.9 Å². The first kappa shape index (κ1) is 13.7. The lowest BCUT2D eigenvalue weighted by Crippen LogP contribution is -2.13. The number of carbonyl (C=O) groups excluding carboxylic acids is 1. The molecule has 0 bridgehead atoms. The minimum Gasteiger partial charge on any atom is -0.322 e. The molecule has 1 aromatic heterocycles. The molecule has 0 fully saturated rings. The molecule has 0 aliphatic heterocycles. The Kier molecular flexibility index (Phi) is 4.32. The van der Waals surface area contributed by atoms with E-state index in [0.29, 0.717) is 5.56 Å². The number of halogens is 1. The van der Waals surface area contributed by atoms with Crippen molar-refractivity contribution in [1.29, 1.82) is 0 Å². The van der Waals surface area contributed by atoms with Gasteiger partial charge in [0.15, 0.2) is 0 Å². The smallest absolute Gasteiger partial charge is 0.257 e. The highest BCUT2D eigenvalue weighted by molar-refractivity contribution is 9.10. The van der Waals surface area contributed by atoms with Gasteiger partial charge in [-0.05, 0) is 49.2 Å². The van der Waals surface area contributed by atoms with Gasteiger partial charge < -0.3 is 5.32 Å². The lowest BCUT2D eigenvalue weighted by molar-refractivity contribution is 0.102. The molecular weight excluding hydrogens is 304 g/mol. The normalized spacial score (nSPS) is 10.3. The van der Waals surface area contributed by atoms with Gasteiger partial charge in [-0.25, -0.2) is 0 Å². The molecule has 0 unspecified atom stereocenters. The average Bonchev–Trinajstić information content (AvgIpc) is 2.41. The number of anilines is 1. The van der Waals surface area contributed by atoms with Crippen LogP contribution < -0.4 is 5.32 Å². The first-order valence-electron chi connectivity index (χ1n) is 6.12. The van der Waals surface area contributed by atoms with Gasteiger partial charge in [-0.1, -0.05) is 22.9 Å². The topological polar surface area (TPSA) is 42.0 Å². The Hall–Kier alpha value is -1.68. The van der Waals surface area contributed by atoms with Gasteiger partial charge in [-0.2, -0.15) is 0 Å². The maximum atomic E-state index is 12.1. The molecule has 1 amide bonds. The highest BCUT2D eigenvalue weighted by Crippen LogP contribution is 2.22. The standard InChI is InChI=1S/C15H15BrN2O/c1-3-11-8-13(16)6-7-14(11)18-15(19)12-5-4-10(2)17-9-12/h4-9H,3H2,1-2H3,(H,18,19). The Morgan fingerprint density at radius 2 is 2.11 bits per heavy atom. The van der Waals surface area contributed by atoms with Crippen LogP contribution in [0.3, 0.4) is 0 Å². The molecule has 0 aliphatic carbocycles. The molecule has 0 radical (unpaired) electrons. The molecule has 4 heteroatoms. The predicted molar refractivity (Wildman–Crippen MR) is 80.4 cm³/mol. The summed E-state index contributed by atoms with van der Waals surface area (Å²) < 4.78 is 1.01. The second kappa shape index (κ2) is 5.97. The molecule has 0 atom stereocenters. The summed E-state index contributed by atoms with van der Waals surface area (Å²) in [4.78, 5) is 16.2. The molecule has 1 aromatic carbocycles. The van der Waals surface area contributed by atoms with Crippen molar-refractivity contribution in [3.05, 3.63) is 57.8 Å². The van der Waals surface area contributed by atoms with Crippen LogP contribution in [0.15, 0.2) is 41.0 Å². The number of carbonyl (C=O) groups is 1. The van der Waals surface area contributed by atoms with Crippen LogP contribution in [-0.2, 0) is 6.42 Å². The monoisotopic (exact) mass is 318 g/mol. The zero-order valence-corrected chi connectivity index (χ0v) is 12.5. The van der Waals surface area contributed by atoms with E-state index in [9.17, 15) is 4.79 Å². The summed E-state index contributed by atoms with van der Waals surface area (Å²) in [6.07, 6.45) is 2.45. The molecule has 0 saturated heterocycles. The molecule has 0 saturated carbocycles. The minimum absolute atomic E-state index is 0.135. The molecule has 2 aromatic rings. The Morgan fingerprint density at radius 1 is 1.32 bits per heavy atom. The lowest BCUT2D eigenvalue weighted by Gasteiger charge is -2.10. The number of aromatic nitrogens is 1. The van der Waals surface area contributed by atoms with E-state index in [0.717, 1.165) is 27.8 Å². The number of nitrogens with one attached hydrogen (secondary N) is 1. The Morgan fingerprint density at radius 3 is 2.74 bits per heavy atom. The van der Waals surface area contributed by atoms with E-state index in [1.54, 1.807) is 12.3 Å². The van der Waals surface area contributed by atoms with Gasteiger partial charge in [-0.15, -0.1) is 0 Å².